The lowest BCUT2D eigenvalue weighted by molar-refractivity contribution is 0.195. The number of nitrogens with zero attached hydrogens (tertiary/aromatic N) is 6. The summed E-state index contributed by atoms with van der Waals surface area (Å²) in [5.74, 6) is 3.26. The minimum atomic E-state index is 0.349. The molecule has 0 saturated heterocycles. The van der Waals surface area contributed by atoms with Gasteiger partial charge in [-0.05, 0) is 19.9 Å². The standard InChI is InChI=1S/C18H22N6O2/c1-13-9-16-20-21-17(12-25-18-5-3-4-6-19-18)24(16)8-7-23(13)11-15-10-14(2)26-22-15/h3-6,10,13H,7-9,11-12H2,1-2H3/t13-/m0/s1. The fourth-order valence-corrected chi connectivity index (χ4v) is 3.24. The van der Waals surface area contributed by atoms with E-state index in [2.05, 4.69) is 36.7 Å². The maximum Gasteiger partial charge on any atom is 0.213 e. The lowest BCUT2D eigenvalue weighted by Gasteiger charge is -2.25. The third-order valence-corrected chi connectivity index (χ3v) is 4.64. The van der Waals surface area contributed by atoms with E-state index in [1.165, 1.54) is 0 Å². The molecule has 0 aliphatic carbocycles. The molecule has 1 aliphatic heterocycles. The molecule has 3 aromatic heterocycles. The van der Waals surface area contributed by atoms with Gasteiger partial charge in [0.15, 0.2) is 5.82 Å². The highest BCUT2D eigenvalue weighted by Crippen LogP contribution is 2.18. The highest BCUT2D eigenvalue weighted by atomic mass is 16.5. The maximum atomic E-state index is 5.74. The van der Waals surface area contributed by atoms with Crippen LogP contribution in [0.4, 0.5) is 0 Å². The number of hydrogen-bond acceptors (Lipinski definition) is 7. The van der Waals surface area contributed by atoms with Crippen LogP contribution in [0.2, 0.25) is 0 Å². The zero-order chi connectivity index (χ0) is 17.9. The van der Waals surface area contributed by atoms with Gasteiger partial charge in [0.1, 0.15) is 18.2 Å². The fraction of sp³-hybridized carbons (Fsp3) is 0.444. The van der Waals surface area contributed by atoms with Crippen LogP contribution in [0.3, 0.4) is 0 Å². The Morgan fingerprint density at radius 3 is 2.96 bits per heavy atom. The minimum Gasteiger partial charge on any atom is -0.469 e. The first-order chi connectivity index (χ1) is 12.7. The van der Waals surface area contributed by atoms with Gasteiger partial charge in [-0.2, -0.15) is 0 Å². The monoisotopic (exact) mass is 354 g/mol. The summed E-state index contributed by atoms with van der Waals surface area (Å²) in [6.45, 7) is 6.98. The van der Waals surface area contributed by atoms with E-state index in [1.54, 1.807) is 6.20 Å². The number of pyridine rings is 1. The zero-order valence-corrected chi connectivity index (χ0v) is 15.0. The largest absolute Gasteiger partial charge is 0.469 e. The third kappa shape index (κ3) is 3.60. The third-order valence-electron chi connectivity index (χ3n) is 4.64. The van der Waals surface area contributed by atoms with Gasteiger partial charge >= 0.3 is 0 Å². The summed E-state index contributed by atoms with van der Waals surface area (Å²) >= 11 is 0. The van der Waals surface area contributed by atoms with Crippen molar-refractivity contribution < 1.29 is 9.26 Å². The molecule has 0 bridgehead atoms. The Bertz CT molecular complexity index is 860. The SMILES string of the molecule is Cc1cc(CN2CCn3c(COc4ccccn4)nnc3C[C@@H]2C)no1. The van der Waals surface area contributed by atoms with Gasteiger partial charge in [-0.3, -0.25) is 4.90 Å². The summed E-state index contributed by atoms with van der Waals surface area (Å²) in [6, 6.07) is 7.94. The van der Waals surface area contributed by atoms with Gasteiger partial charge < -0.3 is 13.8 Å². The molecule has 26 heavy (non-hydrogen) atoms. The van der Waals surface area contributed by atoms with E-state index in [4.69, 9.17) is 9.26 Å². The lowest BCUT2D eigenvalue weighted by atomic mass is 10.2. The van der Waals surface area contributed by atoms with E-state index in [0.717, 1.165) is 49.2 Å². The van der Waals surface area contributed by atoms with Crippen LogP contribution in [0.5, 0.6) is 5.88 Å². The molecule has 136 valence electrons. The number of aryl methyl sites for hydroxylation is 1. The van der Waals surface area contributed by atoms with Gasteiger partial charge in [-0.1, -0.05) is 11.2 Å². The van der Waals surface area contributed by atoms with Crippen LogP contribution >= 0.6 is 0 Å². The van der Waals surface area contributed by atoms with Crippen LogP contribution in [0, 0.1) is 6.92 Å². The molecule has 8 heteroatoms. The molecule has 1 atom stereocenters. The predicted molar refractivity (Wildman–Crippen MR) is 93.4 cm³/mol. The molecule has 1 aliphatic rings. The van der Waals surface area contributed by atoms with Crippen molar-refractivity contribution in [2.24, 2.45) is 0 Å². The Kier molecular flexibility index (Phi) is 4.66. The van der Waals surface area contributed by atoms with Crippen LogP contribution in [0.25, 0.3) is 0 Å². The molecule has 0 spiro atoms. The van der Waals surface area contributed by atoms with Crippen LogP contribution in [-0.4, -0.2) is 42.4 Å². The van der Waals surface area contributed by atoms with Crippen molar-refractivity contribution in [3.05, 3.63) is 53.6 Å². The van der Waals surface area contributed by atoms with E-state index < -0.39 is 0 Å². The number of ether oxygens (including phenoxy) is 1. The number of aromatic nitrogens is 5. The van der Waals surface area contributed by atoms with Gasteiger partial charge in [-0.25, -0.2) is 4.98 Å². The Labute approximate surface area is 151 Å². The highest BCUT2D eigenvalue weighted by molar-refractivity contribution is 5.10. The normalized spacial score (nSPS) is 17.7. The summed E-state index contributed by atoms with van der Waals surface area (Å²) in [5.41, 5.74) is 0.964. The van der Waals surface area contributed by atoms with Crippen molar-refractivity contribution in [1.82, 2.24) is 29.8 Å². The predicted octanol–water partition coefficient (Wildman–Crippen LogP) is 2.00. The van der Waals surface area contributed by atoms with E-state index >= 15 is 0 Å². The average molecular weight is 354 g/mol. The second kappa shape index (κ2) is 7.25. The molecule has 3 aromatic rings. The van der Waals surface area contributed by atoms with Crippen LogP contribution in [0.15, 0.2) is 35.0 Å². The van der Waals surface area contributed by atoms with Crippen molar-refractivity contribution in [2.75, 3.05) is 6.54 Å². The molecule has 8 nitrogen and oxygen atoms in total. The van der Waals surface area contributed by atoms with Gasteiger partial charge in [-0.15, -0.1) is 10.2 Å². The maximum absolute atomic E-state index is 5.74. The summed E-state index contributed by atoms with van der Waals surface area (Å²) in [5, 5.41) is 12.8. The van der Waals surface area contributed by atoms with Crippen molar-refractivity contribution in [3.63, 3.8) is 0 Å². The minimum absolute atomic E-state index is 0.349. The zero-order valence-electron chi connectivity index (χ0n) is 15.0. The van der Waals surface area contributed by atoms with Crippen molar-refractivity contribution in [2.45, 2.75) is 46.0 Å². The molecule has 0 amide bonds. The van der Waals surface area contributed by atoms with Gasteiger partial charge in [0.25, 0.3) is 0 Å². The van der Waals surface area contributed by atoms with Crippen molar-refractivity contribution >= 4 is 0 Å². The average Bonchev–Trinajstić information content (AvgIpc) is 3.19. The topological polar surface area (TPSA) is 82.1 Å². The Hall–Kier alpha value is -2.74. The summed E-state index contributed by atoms with van der Waals surface area (Å²) < 4.78 is 13.1. The molecule has 4 heterocycles. The van der Waals surface area contributed by atoms with E-state index in [-0.39, 0.29) is 0 Å². The van der Waals surface area contributed by atoms with E-state index in [0.29, 0.717) is 18.5 Å². The van der Waals surface area contributed by atoms with E-state index in [1.807, 2.05) is 31.2 Å². The molecule has 4 rings (SSSR count). The Balaban J connectivity index is 1.44. The molecule has 0 aromatic carbocycles. The second-order valence-electron chi connectivity index (χ2n) is 6.59. The summed E-state index contributed by atoms with van der Waals surface area (Å²) in [4.78, 5) is 6.58. The van der Waals surface area contributed by atoms with Crippen LogP contribution in [0.1, 0.15) is 30.0 Å². The first kappa shape index (κ1) is 16.7. The van der Waals surface area contributed by atoms with Crippen molar-refractivity contribution in [3.8, 4) is 5.88 Å². The molecular formula is C18H22N6O2. The van der Waals surface area contributed by atoms with Crippen molar-refractivity contribution in [1.29, 1.82) is 0 Å². The summed E-state index contributed by atoms with van der Waals surface area (Å²) in [7, 11) is 0. The first-order valence-electron chi connectivity index (χ1n) is 8.80. The highest BCUT2D eigenvalue weighted by Gasteiger charge is 2.24. The number of rotatable bonds is 5. The molecule has 0 N–H and O–H groups in total. The fourth-order valence-electron chi connectivity index (χ4n) is 3.24. The second-order valence-corrected chi connectivity index (χ2v) is 6.59. The number of hydrogen-bond donors (Lipinski definition) is 0. The quantitative estimate of drug-likeness (QED) is 0.693. The Morgan fingerprint density at radius 2 is 2.19 bits per heavy atom. The molecule has 0 saturated carbocycles. The summed E-state index contributed by atoms with van der Waals surface area (Å²) in [6.07, 6.45) is 2.55. The van der Waals surface area contributed by atoms with Gasteiger partial charge in [0.05, 0.1) is 5.69 Å². The van der Waals surface area contributed by atoms with Crippen LogP contribution in [-0.2, 0) is 26.1 Å². The van der Waals surface area contributed by atoms with Crippen LogP contribution < -0.4 is 4.74 Å². The van der Waals surface area contributed by atoms with Gasteiger partial charge in [0.2, 0.25) is 5.88 Å². The van der Waals surface area contributed by atoms with Gasteiger partial charge in [0, 0.05) is 50.4 Å². The molecular weight excluding hydrogens is 332 g/mol. The smallest absolute Gasteiger partial charge is 0.213 e. The molecule has 0 unspecified atom stereocenters. The first-order valence-corrected chi connectivity index (χ1v) is 8.80. The molecule has 0 fully saturated rings. The van der Waals surface area contributed by atoms with E-state index in [9.17, 15) is 0 Å². The molecule has 0 radical (unpaired) electrons. The Morgan fingerprint density at radius 1 is 1.27 bits per heavy atom. The lowest BCUT2D eigenvalue weighted by Crippen LogP contribution is -2.34. The number of fused-ring (bicyclic) bond motifs is 1.